The number of aryl methyl sites for hydroxylation is 2. The zero-order valence-electron chi connectivity index (χ0n) is 16.7. The summed E-state index contributed by atoms with van der Waals surface area (Å²) in [4.78, 5) is 4.39. The lowest BCUT2D eigenvalue weighted by atomic mass is 9.91. The minimum absolute atomic E-state index is 0.556. The third-order valence-corrected chi connectivity index (χ3v) is 4.72. The molecule has 0 radical (unpaired) electrons. The van der Waals surface area contributed by atoms with Crippen molar-refractivity contribution in [1.82, 2.24) is 5.32 Å². The summed E-state index contributed by atoms with van der Waals surface area (Å²) in [5.41, 5.74) is 3.10. The fraction of sp³-hybridized carbons (Fsp3) is 0.348. The van der Waals surface area contributed by atoms with Crippen molar-refractivity contribution in [1.29, 1.82) is 0 Å². The van der Waals surface area contributed by atoms with Gasteiger partial charge in [0, 0.05) is 6.54 Å². The minimum Gasteiger partial charge on any atom is -0.457 e. The van der Waals surface area contributed by atoms with E-state index in [2.05, 4.69) is 29.9 Å². The number of hydrogen-bond donors (Lipinski definition) is 2. The summed E-state index contributed by atoms with van der Waals surface area (Å²) in [6.07, 6.45) is 3.88. The number of rotatable bonds is 9. The van der Waals surface area contributed by atoms with Gasteiger partial charge in [0.15, 0.2) is 0 Å². The Hall–Kier alpha value is -2.59. The lowest BCUT2D eigenvalue weighted by Gasteiger charge is -2.23. The van der Waals surface area contributed by atoms with Gasteiger partial charge in [0.1, 0.15) is 17.1 Å². The molecule has 0 amide bonds. The van der Waals surface area contributed by atoms with E-state index in [1.54, 1.807) is 12.4 Å². The van der Waals surface area contributed by atoms with Crippen LogP contribution in [0.5, 0.6) is 11.5 Å². The highest BCUT2D eigenvalue weighted by Crippen LogP contribution is 2.32. The maximum absolute atomic E-state index is 10.7. The third kappa shape index (κ3) is 5.20. The van der Waals surface area contributed by atoms with E-state index < -0.39 is 5.60 Å². The van der Waals surface area contributed by atoms with Crippen LogP contribution in [0.25, 0.3) is 0 Å². The second kappa shape index (κ2) is 9.38. The molecular formula is C23H30N2O2. The molecule has 4 nitrogen and oxygen atoms in total. The Morgan fingerprint density at radius 1 is 1.19 bits per heavy atom. The zero-order chi connectivity index (χ0) is 19.9. The molecule has 0 aliphatic rings. The van der Waals surface area contributed by atoms with Gasteiger partial charge in [-0.2, -0.15) is 0 Å². The summed E-state index contributed by atoms with van der Waals surface area (Å²) in [5.74, 6) is 1.50. The van der Waals surface area contributed by atoms with Gasteiger partial charge in [0.25, 0.3) is 0 Å². The van der Waals surface area contributed by atoms with Crippen molar-refractivity contribution >= 4 is 6.34 Å². The Bertz CT molecular complexity index is 814. The number of nitrogens with zero attached hydrogens (tertiary/aromatic N) is 1. The standard InChI is InChI=1S/C23H30N2O2/c1-6-23(26,7-2)20-10-9-11-21(14-20)27-22-13-17(4)19(12-18(22)5)15-25-16-24-8-3/h6,9-14,16,26H,1,7-8,15H2,2-5H3,(H,24,25). The summed E-state index contributed by atoms with van der Waals surface area (Å²) in [5, 5.41) is 13.7. The Labute approximate surface area is 162 Å². The van der Waals surface area contributed by atoms with Gasteiger partial charge in [0.2, 0.25) is 0 Å². The quantitative estimate of drug-likeness (QED) is 0.372. The molecule has 2 N–H and O–H groups in total. The van der Waals surface area contributed by atoms with Gasteiger partial charge in [-0.3, -0.25) is 4.99 Å². The third-order valence-electron chi connectivity index (χ3n) is 4.72. The Morgan fingerprint density at radius 2 is 1.96 bits per heavy atom. The van der Waals surface area contributed by atoms with Gasteiger partial charge >= 0.3 is 0 Å². The molecule has 0 fully saturated rings. The summed E-state index contributed by atoms with van der Waals surface area (Å²) >= 11 is 0. The van der Waals surface area contributed by atoms with Gasteiger partial charge in [-0.05, 0) is 67.6 Å². The van der Waals surface area contributed by atoms with Crippen molar-refractivity contribution in [3.05, 3.63) is 71.3 Å². The molecular weight excluding hydrogens is 336 g/mol. The molecule has 0 saturated heterocycles. The van der Waals surface area contributed by atoms with Crippen LogP contribution in [0, 0.1) is 13.8 Å². The van der Waals surface area contributed by atoms with Crippen LogP contribution in [0.3, 0.4) is 0 Å². The van der Waals surface area contributed by atoms with Crippen LogP contribution in [-0.2, 0) is 12.1 Å². The molecule has 0 aliphatic heterocycles. The van der Waals surface area contributed by atoms with Crippen molar-refractivity contribution < 1.29 is 9.84 Å². The first-order valence-corrected chi connectivity index (χ1v) is 9.39. The SMILES string of the molecule is C=CC(O)(CC)c1cccc(Oc2cc(C)c(CN=CNCC)cc2C)c1. The highest BCUT2D eigenvalue weighted by molar-refractivity contribution is 5.54. The van der Waals surface area contributed by atoms with E-state index in [0.717, 1.165) is 29.0 Å². The van der Waals surface area contributed by atoms with Crippen LogP contribution in [0.2, 0.25) is 0 Å². The van der Waals surface area contributed by atoms with Crippen molar-refractivity contribution in [2.24, 2.45) is 4.99 Å². The fourth-order valence-corrected chi connectivity index (χ4v) is 2.85. The van der Waals surface area contributed by atoms with Crippen LogP contribution < -0.4 is 10.1 Å². The number of hydrogen-bond acceptors (Lipinski definition) is 3. The molecule has 0 spiro atoms. The molecule has 27 heavy (non-hydrogen) atoms. The first-order valence-electron chi connectivity index (χ1n) is 9.39. The summed E-state index contributed by atoms with van der Waals surface area (Å²) in [6, 6.07) is 11.7. The summed E-state index contributed by atoms with van der Waals surface area (Å²) < 4.78 is 6.12. The van der Waals surface area contributed by atoms with E-state index in [4.69, 9.17) is 4.74 Å². The molecule has 4 heteroatoms. The van der Waals surface area contributed by atoms with Gasteiger partial charge in [0.05, 0.1) is 12.9 Å². The van der Waals surface area contributed by atoms with Crippen molar-refractivity contribution in [2.75, 3.05) is 6.54 Å². The Morgan fingerprint density at radius 3 is 2.63 bits per heavy atom. The van der Waals surface area contributed by atoms with E-state index in [1.807, 2.05) is 51.1 Å². The Balaban J connectivity index is 2.23. The lowest BCUT2D eigenvalue weighted by molar-refractivity contribution is 0.0854. The van der Waals surface area contributed by atoms with Gasteiger partial charge in [-0.15, -0.1) is 0 Å². The first kappa shape index (κ1) is 20.7. The zero-order valence-corrected chi connectivity index (χ0v) is 16.7. The molecule has 0 saturated carbocycles. The maximum Gasteiger partial charge on any atom is 0.130 e. The molecule has 0 aromatic heterocycles. The highest BCUT2D eigenvalue weighted by atomic mass is 16.5. The van der Waals surface area contributed by atoms with Crippen molar-refractivity contribution in [3.63, 3.8) is 0 Å². The number of ether oxygens (including phenoxy) is 1. The molecule has 144 valence electrons. The molecule has 0 heterocycles. The maximum atomic E-state index is 10.7. The molecule has 2 rings (SSSR count). The van der Waals surface area contributed by atoms with Gasteiger partial charge < -0.3 is 15.2 Å². The van der Waals surface area contributed by atoms with Crippen LogP contribution in [0.1, 0.15) is 42.5 Å². The highest BCUT2D eigenvalue weighted by Gasteiger charge is 2.23. The Kier molecular flexibility index (Phi) is 7.19. The summed E-state index contributed by atoms with van der Waals surface area (Å²) in [7, 11) is 0. The largest absolute Gasteiger partial charge is 0.457 e. The predicted octanol–water partition coefficient (Wildman–Crippen LogP) is 5.02. The first-order chi connectivity index (χ1) is 12.9. The molecule has 1 unspecified atom stereocenters. The van der Waals surface area contributed by atoms with Crippen LogP contribution in [0.4, 0.5) is 0 Å². The molecule has 1 atom stereocenters. The predicted molar refractivity (Wildman–Crippen MR) is 113 cm³/mol. The molecule has 2 aromatic carbocycles. The van der Waals surface area contributed by atoms with E-state index in [-0.39, 0.29) is 0 Å². The van der Waals surface area contributed by atoms with Crippen LogP contribution in [-0.4, -0.2) is 18.0 Å². The molecule has 0 aliphatic carbocycles. The normalized spacial score (nSPS) is 13.4. The van der Waals surface area contributed by atoms with Crippen LogP contribution >= 0.6 is 0 Å². The van der Waals surface area contributed by atoms with E-state index in [0.29, 0.717) is 18.7 Å². The van der Waals surface area contributed by atoms with Gasteiger partial charge in [-0.25, -0.2) is 0 Å². The number of aliphatic hydroxyl groups is 1. The van der Waals surface area contributed by atoms with Gasteiger partial charge in [-0.1, -0.05) is 37.8 Å². The number of aliphatic imine (C=N–C) groups is 1. The smallest absolute Gasteiger partial charge is 0.130 e. The fourth-order valence-electron chi connectivity index (χ4n) is 2.85. The number of nitrogens with one attached hydrogen (secondary N) is 1. The second-order valence-corrected chi connectivity index (χ2v) is 6.68. The van der Waals surface area contributed by atoms with Crippen LogP contribution in [0.15, 0.2) is 54.0 Å². The van der Waals surface area contributed by atoms with E-state index in [9.17, 15) is 5.11 Å². The second-order valence-electron chi connectivity index (χ2n) is 6.68. The monoisotopic (exact) mass is 366 g/mol. The van der Waals surface area contributed by atoms with Crippen molar-refractivity contribution in [3.8, 4) is 11.5 Å². The van der Waals surface area contributed by atoms with E-state index in [1.165, 1.54) is 5.56 Å². The topological polar surface area (TPSA) is 53.9 Å². The average Bonchev–Trinajstić information content (AvgIpc) is 2.68. The lowest BCUT2D eigenvalue weighted by Crippen LogP contribution is -2.21. The number of benzene rings is 2. The summed E-state index contributed by atoms with van der Waals surface area (Å²) in [6.45, 7) is 13.3. The average molecular weight is 367 g/mol. The molecule has 2 aromatic rings. The molecule has 0 bridgehead atoms. The minimum atomic E-state index is -1.04. The van der Waals surface area contributed by atoms with E-state index >= 15 is 0 Å². The van der Waals surface area contributed by atoms with Crippen molar-refractivity contribution in [2.45, 2.75) is 46.3 Å².